The Bertz CT molecular complexity index is 972. The topological polar surface area (TPSA) is 71.1 Å². The van der Waals surface area contributed by atoms with Crippen molar-refractivity contribution in [3.8, 4) is 10.6 Å². The van der Waals surface area contributed by atoms with Crippen LogP contribution in [-0.2, 0) is 9.59 Å². The van der Waals surface area contributed by atoms with E-state index in [1.165, 1.54) is 23.1 Å². The summed E-state index contributed by atoms with van der Waals surface area (Å²) in [5.41, 5.74) is 1.53. The molecule has 2 amide bonds. The molecule has 0 spiro atoms. The van der Waals surface area contributed by atoms with Crippen molar-refractivity contribution in [2.75, 3.05) is 10.6 Å². The Morgan fingerprint density at radius 1 is 1.31 bits per heavy atom. The Morgan fingerprint density at radius 3 is 3.00 bits per heavy atom. The number of carbonyl (C=O) groups is 2. The zero-order valence-electron chi connectivity index (χ0n) is 13.2. The van der Waals surface area contributed by atoms with Crippen molar-refractivity contribution >= 4 is 68.7 Å². The highest BCUT2D eigenvalue weighted by Crippen LogP contribution is 2.38. The van der Waals surface area contributed by atoms with Crippen molar-refractivity contribution in [1.29, 1.82) is 0 Å². The van der Waals surface area contributed by atoms with Crippen LogP contribution in [0.2, 0.25) is 5.02 Å². The molecule has 2 aromatic heterocycles. The molecule has 2 N–H and O–H groups in total. The fourth-order valence-electron chi connectivity index (χ4n) is 2.46. The molecule has 1 aliphatic rings. The molecule has 1 atom stereocenters. The lowest BCUT2D eigenvalue weighted by Gasteiger charge is -2.23. The minimum atomic E-state index is -0.486. The monoisotopic (exact) mass is 421 g/mol. The second-order valence-corrected chi connectivity index (χ2v) is 8.99. The lowest BCUT2D eigenvalue weighted by atomic mass is 10.2. The Balaban J connectivity index is 1.40. The van der Waals surface area contributed by atoms with E-state index in [0.717, 1.165) is 15.5 Å². The van der Waals surface area contributed by atoms with Crippen LogP contribution in [0.4, 0.5) is 10.8 Å². The number of fused-ring (bicyclic) bond motifs is 1. The predicted octanol–water partition coefficient (Wildman–Crippen LogP) is 4.97. The van der Waals surface area contributed by atoms with Gasteiger partial charge in [-0.05, 0) is 29.6 Å². The fraction of sp³-hybridized carbons (Fsp3) is 0.118. The van der Waals surface area contributed by atoms with Crippen molar-refractivity contribution in [2.45, 2.75) is 16.6 Å². The molecule has 0 saturated heterocycles. The standard InChI is InChI=1S/C17H12ClN3O2S3/c18-9-3-4-13-10(6-9)19-16(23)14(26-13)7-15(22)21-17-20-11(8-25-17)12-2-1-5-24-12/h1-6,8,14H,7H2,(H,19,23)(H,20,21,22). The van der Waals surface area contributed by atoms with Gasteiger partial charge in [0, 0.05) is 21.7 Å². The smallest absolute Gasteiger partial charge is 0.238 e. The summed E-state index contributed by atoms with van der Waals surface area (Å²) in [6.07, 6.45) is 0.0759. The van der Waals surface area contributed by atoms with Gasteiger partial charge in [-0.25, -0.2) is 4.98 Å². The lowest BCUT2D eigenvalue weighted by molar-refractivity contribution is -0.120. The van der Waals surface area contributed by atoms with E-state index >= 15 is 0 Å². The molecule has 1 aromatic carbocycles. The number of thiophene rings is 1. The molecular weight excluding hydrogens is 410 g/mol. The summed E-state index contributed by atoms with van der Waals surface area (Å²) in [4.78, 5) is 31.0. The van der Waals surface area contributed by atoms with Crippen LogP contribution in [0.3, 0.4) is 0 Å². The molecule has 0 radical (unpaired) electrons. The van der Waals surface area contributed by atoms with E-state index in [9.17, 15) is 9.59 Å². The van der Waals surface area contributed by atoms with Gasteiger partial charge in [0.05, 0.1) is 21.5 Å². The summed E-state index contributed by atoms with van der Waals surface area (Å²) in [5, 5.41) is 10.1. The average Bonchev–Trinajstić information content (AvgIpc) is 3.27. The van der Waals surface area contributed by atoms with Crippen LogP contribution < -0.4 is 10.6 Å². The van der Waals surface area contributed by atoms with Gasteiger partial charge in [0.1, 0.15) is 0 Å². The zero-order chi connectivity index (χ0) is 18.1. The molecule has 3 aromatic rings. The number of thiazole rings is 1. The van der Waals surface area contributed by atoms with Gasteiger partial charge in [-0.1, -0.05) is 17.7 Å². The summed E-state index contributed by atoms with van der Waals surface area (Å²) in [5.74, 6) is -0.430. The lowest BCUT2D eigenvalue weighted by Crippen LogP contribution is -2.32. The largest absolute Gasteiger partial charge is 0.324 e. The first-order valence-corrected chi connectivity index (χ1v) is 10.7. The number of amides is 2. The van der Waals surface area contributed by atoms with Gasteiger partial charge in [0.15, 0.2) is 5.13 Å². The van der Waals surface area contributed by atoms with Crippen LogP contribution in [0.1, 0.15) is 6.42 Å². The molecule has 132 valence electrons. The summed E-state index contributed by atoms with van der Waals surface area (Å²) in [7, 11) is 0. The highest BCUT2D eigenvalue weighted by atomic mass is 35.5. The quantitative estimate of drug-likeness (QED) is 0.624. The normalized spacial score (nSPS) is 16.0. The summed E-state index contributed by atoms with van der Waals surface area (Å²) in [6, 6.07) is 9.27. The maximum absolute atomic E-state index is 12.3. The molecule has 0 fully saturated rings. The second-order valence-electron chi connectivity index (χ2n) is 5.50. The van der Waals surface area contributed by atoms with Crippen molar-refractivity contribution in [2.24, 2.45) is 0 Å². The van der Waals surface area contributed by atoms with Gasteiger partial charge in [0.25, 0.3) is 0 Å². The minimum Gasteiger partial charge on any atom is -0.324 e. The van der Waals surface area contributed by atoms with Crippen molar-refractivity contribution < 1.29 is 9.59 Å². The number of hydrogen-bond donors (Lipinski definition) is 2. The summed E-state index contributed by atoms with van der Waals surface area (Å²) >= 11 is 10.3. The van der Waals surface area contributed by atoms with Crippen molar-refractivity contribution in [3.63, 3.8) is 0 Å². The Kier molecular flexibility index (Phi) is 4.99. The Morgan fingerprint density at radius 2 is 2.19 bits per heavy atom. The highest BCUT2D eigenvalue weighted by Gasteiger charge is 2.29. The third-order valence-corrected chi connectivity index (χ3v) is 6.82. The molecule has 9 heteroatoms. The first-order chi connectivity index (χ1) is 12.6. The first kappa shape index (κ1) is 17.5. The van der Waals surface area contributed by atoms with Gasteiger partial charge in [0.2, 0.25) is 11.8 Å². The predicted molar refractivity (Wildman–Crippen MR) is 108 cm³/mol. The average molecular weight is 422 g/mol. The van der Waals surface area contributed by atoms with Crippen molar-refractivity contribution in [3.05, 3.63) is 46.1 Å². The van der Waals surface area contributed by atoms with Crippen LogP contribution in [0.25, 0.3) is 10.6 Å². The van der Waals surface area contributed by atoms with Gasteiger partial charge in [-0.3, -0.25) is 9.59 Å². The molecule has 0 aliphatic carbocycles. The van der Waals surface area contributed by atoms with Crippen LogP contribution in [-0.4, -0.2) is 22.0 Å². The van der Waals surface area contributed by atoms with Crippen LogP contribution >= 0.6 is 46.0 Å². The van der Waals surface area contributed by atoms with Crippen molar-refractivity contribution in [1.82, 2.24) is 4.98 Å². The van der Waals surface area contributed by atoms with E-state index in [4.69, 9.17) is 11.6 Å². The van der Waals surface area contributed by atoms with E-state index < -0.39 is 5.25 Å². The number of nitrogens with zero attached hydrogens (tertiary/aromatic N) is 1. The van der Waals surface area contributed by atoms with E-state index in [-0.39, 0.29) is 18.2 Å². The van der Waals surface area contributed by atoms with Crippen LogP contribution in [0.15, 0.2) is 46.0 Å². The van der Waals surface area contributed by atoms with E-state index in [1.54, 1.807) is 23.5 Å². The highest BCUT2D eigenvalue weighted by molar-refractivity contribution is 8.01. The molecule has 0 bridgehead atoms. The molecule has 5 nitrogen and oxygen atoms in total. The molecule has 4 rings (SSSR count). The minimum absolute atomic E-state index is 0.0759. The number of halogens is 1. The van der Waals surface area contributed by atoms with E-state index in [1.807, 2.05) is 29.0 Å². The van der Waals surface area contributed by atoms with Gasteiger partial charge < -0.3 is 10.6 Å². The Hall–Kier alpha value is -1.87. The number of rotatable bonds is 4. The summed E-state index contributed by atoms with van der Waals surface area (Å²) < 4.78 is 0. The number of hydrogen-bond acceptors (Lipinski definition) is 6. The number of nitrogens with one attached hydrogen (secondary N) is 2. The van der Waals surface area contributed by atoms with Gasteiger partial charge in [-0.15, -0.1) is 34.4 Å². The van der Waals surface area contributed by atoms with E-state index in [0.29, 0.717) is 15.8 Å². The zero-order valence-corrected chi connectivity index (χ0v) is 16.4. The number of carbonyl (C=O) groups excluding carboxylic acids is 2. The van der Waals surface area contributed by atoms with Gasteiger partial charge in [-0.2, -0.15) is 0 Å². The number of benzene rings is 1. The third-order valence-electron chi connectivity index (χ3n) is 3.66. The van der Waals surface area contributed by atoms with Crippen LogP contribution in [0, 0.1) is 0 Å². The maximum atomic E-state index is 12.3. The SMILES string of the molecule is O=C(CC1Sc2ccc(Cl)cc2NC1=O)Nc1nc(-c2cccs2)cs1. The number of aromatic nitrogens is 1. The van der Waals surface area contributed by atoms with Crippen LogP contribution in [0.5, 0.6) is 0 Å². The van der Waals surface area contributed by atoms with Gasteiger partial charge >= 0.3 is 0 Å². The maximum Gasteiger partial charge on any atom is 0.238 e. The molecule has 0 saturated carbocycles. The summed E-state index contributed by atoms with van der Waals surface area (Å²) in [6.45, 7) is 0. The van der Waals surface area contributed by atoms with E-state index in [2.05, 4.69) is 15.6 Å². The molecule has 1 unspecified atom stereocenters. The molecule has 3 heterocycles. The fourth-order valence-corrected chi connectivity index (χ4v) is 5.21. The molecule has 1 aliphatic heterocycles. The molecule has 26 heavy (non-hydrogen) atoms. The number of anilines is 2. The number of thioether (sulfide) groups is 1. The third kappa shape index (κ3) is 3.78. The molecular formula is C17H12ClN3O2S3. The first-order valence-electron chi connectivity index (χ1n) is 7.65. The second kappa shape index (κ2) is 7.40. The Labute approximate surface area is 166 Å².